The number of rotatable bonds is 4. The van der Waals surface area contributed by atoms with Crippen LogP contribution in [0.1, 0.15) is 24.2 Å². The molecule has 0 saturated carbocycles. The fourth-order valence-corrected chi connectivity index (χ4v) is 2.11. The molecule has 0 heterocycles. The minimum atomic E-state index is -0.317. The van der Waals surface area contributed by atoms with E-state index < -0.39 is 0 Å². The van der Waals surface area contributed by atoms with Crippen molar-refractivity contribution in [1.82, 2.24) is 5.32 Å². The van der Waals surface area contributed by atoms with Crippen LogP contribution in [0.15, 0.2) is 22.7 Å². The molecule has 2 N–H and O–H groups in total. The molecule has 0 aliphatic heterocycles. The first-order valence-corrected chi connectivity index (χ1v) is 6.63. The molecule has 94 valence electrons. The van der Waals surface area contributed by atoms with Crippen LogP contribution >= 0.6 is 27.5 Å². The van der Waals surface area contributed by atoms with E-state index in [1.54, 1.807) is 12.1 Å². The number of phenols is 1. The third kappa shape index (κ3) is 3.89. The van der Waals surface area contributed by atoms with E-state index in [0.717, 1.165) is 4.47 Å². The number of hydrogen-bond acceptors (Lipinski definition) is 2. The molecular formula is C12H15BrClNO2. The zero-order valence-corrected chi connectivity index (χ0v) is 12.0. The molecule has 1 amide bonds. The Morgan fingerprint density at radius 2 is 2.18 bits per heavy atom. The molecule has 17 heavy (non-hydrogen) atoms. The Balaban J connectivity index is 2.86. The Bertz CT molecular complexity index is 409. The average Bonchev–Trinajstić information content (AvgIpc) is 2.28. The van der Waals surface area contributed by atoms with Crippen LogP contribution in [0.2, 0.25) is 0 Å². The average molecular weight is 321 g/mol. The lowest BCUT2D eigenvalue weighted by Crippen LogP contribution is -2.39. The molecule has 0 radical (unpaired) electrons. The van der Waals surface area contributed by atoms with Crippen LogP contribution in [0.25, 0.3) is 0 Å². The Morgan fingerprint density at radius 3 is 2.71 bits per heavy atom. The van der Waals surface area contributed by atoms with Crippen molar-refractivity contribution in [1.29, 1.82) is 0 Å². The van der Waals surface area contributed by atoms with E-state index in [0.29, 0.717) is 5.88 Å². The molecule has 0 aromatic heterocycles. The zero-order chi connectivity index (χ0) is 13.0. The van der Waals surface area contributed by atoms with Gasteiger partial charge in [0.2, 0.25) is 0 Å². The first kappa shape index (κ1) is 14.3. The number of aromatic hydroxyl groups is 1. The number of carbonyl (C=O) groups excluding carboxylic acids is 1. The quantitative estimate of drug-likeness (QED) is 0.837. The minimum Gasteiger partial charge on any atom is -0.507 e. The fourth-order valence-electron chi connectivity index (χ4n) is 1.32. The van der Waals surface area contributed by atoms with Crippen LogP contribution in [0.5, 0.6) is 5.75 Å². The lowest BCUT2D eigenvalue weighted by molar-refractivity contribution is 0.0928. The summed E-state index contributed by atoms with van der Waals surface area (Å²) in [7, 11) is 0. The summed E-state index contributed by atoms with van der Waals surface area (Å²) >= 11 is 9.04. The van der Waals surface area contributed by atoms with Crippen molar-refractivity contribution in [2.75, 3.05) is 5.88 Å². The van der Waals surface area contributed by atoms with Crippen LogP contribution in [-0.4, -0.2) is 22.9 Å². The maximum Gasteiger partial charge on any atom is 0.255 e. The van der Waals surface area contributed by atoms with Crippen molar-refractivity contribution >= 4 is 33.4 Å². The van der Waals surface area contributed by atoms with Crippen molar-refractivity contribution in [3.8, 4) is 5.75 Å². The summed E-state index contributed by atoms with van der Waals surface area (Å²) < 4.78 is 0.743. The molecule has 0 bridgehead atoms. The summed E-state index contributed by atoms with van der Waals surface area (Å²) in [5.41, 5.74) is 0.246. The number of halogens is 2. The number of carbonyl (C=O) groups is 1. The van der Waals surface area contributed by atoms with E-state index in [-0.39, 0.29) is 29.2 Å². The highest BCUT2D eigenvalue weighted by atomic mass is 79.9. The molecule has 1 rings (SSSR count). The van der Waals surface area contributed by atoms with Gasteiger partial charge in [-0.05, 0) is 24.1 Å². The van der Waals surface area contributed by atoms with Gasteiger partial charge in [0, 0.05) is 16.4 Å². The molecule has 0 aliphatic carbocycles. The van der Waals surface area contributed by atoms with Crippen LogP contribution in [0.4, 0.5) is 0 Å². The highest BCUT2D eigenvalue weighted by Gasteiger charge is 2.18. The number of benzene rings is 1. The van der Waals surface area contributed by atoms with Gasteiger partial charge in [-0.25, -0.2) is 0 Å². The van der Waals surface area contributed by atoms with E-state index in [1.165, 1.54) is 6.07 Å². The summed E-state index contributed by atoms with van der Waals surface area (Å²) in [5.74, 6) is 0.231. The maximum absolute atomic E-state index is 11.9. The molecule has 3 nitrogen and oxygen atoms in total. The molecule has 0 saturated heterocycles. The SMILES string of the molecule is CC(C)C(CCl)NC(=O)c1cc(Br)ccc1O. The van der Waals surface area contributed by atoms with Gasteiger partial charge < -0.3 is 10.4 Å². The molecule has 0 fully saturated rings. The third-order valence-electron chi connectivity index (χ3n) is 2.49. The first-order valence-electron chi connectivity index (χ1n) is 5.31. The highest BCUT2D eigenvalue weighted by molar-refractivity contribution is 9.10. The maximum atomic E-state index is 11.9. The van der Waals surface area contributed by atoms with E-state index in [4.69, 9.17) is 11.6 Å². The Kier molecular flexibility index (Phi) is 5.28. The topological polar surface area (TPSA) is 49.3 Å². The smallest absolute Gasteiger partial charge is 0.255 e. The van der Waals surface area contributed by atoms with Crippen molar-refractivity contribution in [3.05, 3.63) is 28.2 Å². The number of amides is 1. The van der Waals surface area contributed by atoms with Crippen molar-refractivity contribution in [2.24, 2.45) is 5.92 Å². The van der Waals surface area contributed by atoms with E-state index in [9.17, 15) is 9.90 Å². The molecule has 1 atom stereocenters. The third-order valence-corrected chi connectivity index (χ3v) is 3.32. The summed E-state index contributed by atoms with van der Waals surface area (Å²) in [6, 6.07) is 4.62. The first-order chi connectivity index (χ1) is 7.95. The standard InChI is InChI=1S/C12H15BrClNO2/c1-7(2)10(6-14)15-12(17)9-5-8(13)3-4-11(9)16/h3-5,7,10,16H,6H2,1-2H3,(H,15,17). The van der Waals surface area contributed by atoms with Gasteiger partial charge in [0.15, 0.2) is 0 Å². The highest BCUT2D eigenvalue weighted by Crippen LogP contribution is 2.22. The van der Waals surface area contributed by atoms with Crippen LogP contribution in [0, 0.1) is 5.92 Å². The number of phenolic OH excluding ortho intramolecular Hbond substituents is 1. The number of nitrogens with one attached hydrogen (secondary N) is 1. The van der Waals surface area contributed by atoms with Crippen molar-refractivity contribution in [3.63, 3.8) is 0 Å². The summed E-state index contributed by atoms with van der Waals surface area (Å²) in [4.78, 5) is 11.9. The Labute approximate surface area is 114 Å². The molecular weight excluding hydrogens is 305 g/mol. The second kappa shape index (κ2) is 6.26. The van der Waals surface area contributed by atoms with Gasteiger partial charge in [0.1, 0.15) is 5.75 Å². The van der Waals surface area contributed by atoms with Crippen molar-refractivity contribution in [2.45, 2.75) is 19.9 Å². The van der Waals surface area contributed by atoms with Gasteiger partial charge in [-0.3, -0.25) is 4.79 Å². The summed E-state index contributed by atoms with van der Waals surface area (Å²) in [6.45, 7) is 3.96. The number of alkyl halides is 1. The lowest BCUT2D eigenvalue weighted by Gasteiger charge is -2.20. The molecule has 0 aliphatic rings. The van der Waals surface area contributed by atoms with Gasteiger partial charge in [-0.15, -0.1) is 11.6 Å². The van der Waals surface area contributed by atoms with E-state index in [1.807, 2.05) is 13.8 Å². The molecule has 1 aromatic carbocycles. The normalized spacial score (nSPS) is 12.5. The van der Waals surface area contributed by atoms with Crippen LogP contribution < -0.4 is 5.32 Å². The predicted molar refractivity (Wildman–Crippen MR) is 72.6 cm³/mol. The largest absolute Gasteiger partial charge is 0.507 e. The minimum absolute atomic E-state index is 0.0391. The molecule has 1 aromatic rings. The summed E-state index contributed by atoms with van der Waals surface area (Å²) in [5, 5.41) is 12.4. The van der Waals surface area contributed by atoms with Gasteiger partial charge in [-0.2, -0.15) is 0 Å². The van der Waals surface area contributed by atoms with Crippen LogP contribution in [0.3, 0.4) is 0 Å². The molecule has 1 unspecified atom stereocenters. The van der Waals surface area contributed by atoms with Crippen LogP contribution in [-0.2, 0) is 0 Å². The van der Waals surface area contributed by atoms with Gasteiger partial charge in [0.25, 0.3) is 5.91 Å². The second-order valence-electron chi connectivity index (χ2n) is 4.14. The lowest BCUT2D eigenvalue weighted by atomic mass is 10.1. The Hall–Kier alpha value is -0.740. The predicted octanol–water partition coefficient (Wildman–Crippen LogP) is 3.15. The van der Waals surface area contributed by atoms with Gasteiger partial charge >= 0.3 is 0 Å². The zero-order valence-electron chi connectivity index (χ0n) is 9.71. The second-order valence-corrected chi connectivity index (χ2v) is 5.36. The van der Waals surface area contributed by atoms with E-state index >= 15 is 0 Å². The van der Waals surface area contributed by atoms with E-state index in [2.05, 4.69) is 21.2 Å². The fraction of sp³-hybridized carbons (Fsp3) is 0.417. The monoisotopic (exact) mass is 319 g/mol. The van der Waals surface area contributed by atoms with Gasteiger partial charge in [-0.1, -0.05) is 29.8 Å². The van der Waals surface area contributed by atoms with Gasteiger partial charge in [0.05, 0.1) is 5.56 Å². The summed E-state index contributed by atoms with van der Waals surface area (Å²) in [6.07, 6.45) is 0. The molecule has 5 heteroatoms. The number of hydrogen-bond donors (Lipinski definition) is 2. The van der Waals surface area contributed by atoms with Crippen molar-refractivity contribution < 1.29 is 9.90 Å². The Morgan fingerprint density at radius 1 is 1.53 bits per heavy atom. The molecule has 0 spiro atoms.